The molecule has 0 unspecified atom stereocenters. The topological polar surface area (TPSA) is 123 Å². The first kappa shape index (κ1) is 26.0. The van der Waals surface area contributed by atoms with Crippen LogP contribution < -0.4 is 10.6 Å². The summed E-state index contributed by atoms with van der Waals surface area (Å²) in [5.41, 5.74) is -1.55. The van der Waals surface area contributed by atoms with Crippen LogP contribution in [-0.4, -0.2) is 61.3 Å². The summed E-state index contributed by atoms with van der Waals surface area (Å²) in [6.45, 7) is 11.8. The number of carbonyl (C=O) groups is 3. The molecule has 2 fully saturated rings. The van der Waals surface area contributed by atoms with Crippen LogP contribution in [0, 0.1) is 10.8 Å². The van der Waals surface area contributed by atoms with Crippen LogP contribution in [0.4, 0.5) is 9.59 Å². The predicted octanol–water partition coefficient (Wildman–Crippen LogP) is 2.75. The first-order valence-corrected chi connectivity index (χ1v) is 10.3. The third-order valence-corrected chi connectivity index (χ3v) is 4.74. The molecule has 0 heterocycles. The number of ether oxygens (including phenoxy) is 3. The van der Waals surface area contributed by atoms with E-state index < -0.39 is 28.8 Å². The molecule has 2 aliphatic carbocycles. The third kappa shape index (κ3) is 9.65. The molecule has 0 saturated heterocycles. The van der Waals surface area contributed by atoms with Gasteiger partial charge in [0.1, 0.15) is 11.2 Å². The van der Waals surface area contributed by atoms with E-state index in [1.165, 1.54) is 7.11 Å². The number of hydrogen-bond donors (Lipinski definition) is 3. The van der Waals surface area contributed by atoms with Crippen LogP contribution in [0.2, 0.25) is 0 Å². The van der Waals surface area contributed by atoms with Gasteiger partial charge in [0.2, 0.25) is 0 Å². The number of alkyl carbamates (subject to hydrolysis) is 2. The minimum Gasteiger partial charge on any atom is -0.469 e. The first-order chi connectivity index (χ1) is 13.7. The zero-order valence-electron chi connectivity index (χ0n) is 19.3. The molecule has 0 bridgehead atoms. The summed E-state index contributed by atoms with van der Waals surface area (Å²) in [4.78, 5) is 34.0. The van der Waals surface area contributed by atoms with Crippen LogP contribution >= 0.6 is 0 Å². The van der Waals surface area contributed by atoms with Gasteiger partial charge in [-0.25, -0.2) is 9.59 Å². The minimum atomic E-state index is -0.522. The van der Waals surface area contributed by atoms with Crippen molar-refractivity contribution in [2.45, 2.75) is 78.4 Å². The van der Waals surface area contributed by atoms with E-state index >= 15 is 0 Å². The lowest BCUT2D eigenvalue weighted by atomic mass is 10.1. The van der Waals surface area contributed by atoms with Crippen molar-refractivity contribution in [1.29, 1.82) is 0 Å². The third-order valence-electron chi connectivity index (χ3n) is 4.74. The van der Waals surface area contributed by atoms with Gasteiger partial charge in [-0.3, -0.25) is 4.79 Å². The van der Waals surface area contributed by atoms with Gasteiger partial charge in [-0.05, 0) is 67.2 Å². The van der Waals surface area contributed by atoms with Crippen LogP contribution in [-0.2, 0) is 19.0 Å². The highest BCUT2D eigenvalue weighted by atomic mass is 16.6. The second kappa shape index (κ2) is 9.85. The number of amides is 2. The van der Waals surface area contributed by atoms with Crippen molar-refractivity contribution in [2.24, 2.45) is 10.8 Å². The van der Waals surface area contributed by atoms with Crippen LogP contribution in [0.25, 0.3) is 0 Å². The number of aliphatic hydroxyl groups is 1. The molecule has 9 heteroatoms. The fraction of sp³-hybridized carbons (Fsp3) is 0.857. The number of nitrogens with one attached hydrogen (secondary N) is 2. The summed E-state index contributed by atoms with van der Waals surface area (Å²) in [6, 6.07) is 0. The Labute approximate surface area is 179 Å². The lowest BCUT2D eigenvalue weighted by molar-refractivity contribution is -0.146. The molecule has 0 aromatic heterocycles. The van der Waals surface area contributed by atoms with Crippen LogP contribution in [0.15, 0.2) is 0 Å². The van der Waals surface area contributed by atoms with E-state index in [9.17, 15) is 14.4 Å². The van der Waals surface area contributed by atoms with E-state index in [1.54, 1.807) is 20.8 Å². The molecule has 0 radical (unpaired) electrons. The van der Waals surface area contributed by atoms with Gasteiger partial charge >= 0.3 is 18.2 Å². The Morgan fingerprint density at radius 3 is 1.57 bits per heavy atom. The van der Waals surface area contributed by atoms with E-state index in [0.29, 0.717) is 6.54 Å². The number of methoxy groups -OCH3 is 1. The molecule has 0 atom stereocenters. The summed E-state index contributed by atoms with van der Waals surface area (Å²) in [5, 5.41) is 14.3. The molecular weight excluding hydrogens is 392 g/mol. The maximum atomic E-state index is 11.4. The number of esters is 1. The van der Waals surface area contributed by atoms with Crippen molar-refractivity contribution in [1.82, 2.24) is 10.6 Å². The Morgan fingerprint density at radius 1 is 0.833 bits per heavy atom. The number of hydrogen-bond acceptors (Lipinski definition) is 7. The molecule has 174 valence electrons. The number of aliphatic hydroxyl groups excluding tert-OH is 1. The highest BCUT2D eigenvalue weighted by molar-refractivity contribution is 5.81. The van der Waals surface area contributed by atoms with E-state index in [2.05, 4.69) is 15.4 Å². The quantitative estimate of drug-likeness (QED) is 0.437. The highest BCUT2D eigenvalue weighted by Gasteiger charge is 2.51. The van der Waals surface area contributed by atoms with Gasteiger partial charge in [-0.15, -0.1) is 0 Å². The lowest BCUT2D eigenvalue weighted by Gasteiger charge is -2.21. The number of rotatable bonds is 6. The zero-order valence-corrected chi connectivity index (χ0v) is 19.3. The molecule has 0 aliphatic heterocycles. The molecule has 0 aromatic carbocycles. The Kier molecular flexibility index (Phi) is 8.54. The monoisotopic (exact) mass is 430 g/mol. The van der Waals surface area contributed by atoms with Gasteiger partial charge in [0, 0.05) is 18.5 Å². The lowest BCUT2D eigenvalue weighted by Crippen LogP contribution is -2.38. The molecule has 2 saturated carbocycles. The molecule has 9 nitrogen and oxygen atoms in total. The summed E-state index contributed by atoms with van der Waals surface area (Å²) in [5.74, 6) is -0.261. The van der Waals surface area contributed by atoms with Gasteiger partial charge in [0.05, 0.1) is 19.1 Å². The van der Waals surface area contributed by atoms with Gasteiger partial charge in [-0.1, -0.05) is 0 Å². The van der Waals surface area contributed by atoms with Gasteiger partial charge in [0.25, 0.3) is 0 Å². The molecule has 30 heavy (non-hydrogen) atoms. The summed E-state index contributed by atoms with van der Waals surface area (Å²) in [6.07, 6.45) is 2.59. The molecule has 0 spiro atoms. The Hall–Kier alpha value is -2.03. The molecule has 2 rings (SSSR count). The minimum absolute atomic E-state index is 0.0586. The molecule has 2 amide bonds. The smallest absolute Gasteiger partial charge is 0.407 e. The molecular formula is C21H38N2O7. The van der Waals surface area contributed by atoms with E-state index in [0.717, 1.165) is 25.7 Å². The summed E-state index contributed by atoms with van der Waals surface area (Å²) < 4.78 is 14.8. The van der Waals surface area contributed by atoms with Crippen LogP contribution in [0.1, 0.15) is 67.2 Å². The second-order valence-electron chi connectivity index (χ2n) is 10.1. The van der Waals surface area contributed by atoms with Gasteiger partial charge in [0.15, 0.2) is 0 Å². The van der Waals surface area contributed by atoms with Crippen molar-refractivity contribution in [2.75, 3.05) is 26.8 Å². The zero-order chi connectivity index (χ0) is 23.2. The normalized spacial score (nSPS) is 18.1. The van der Waals surface area contributed by atoms with Crippen molar-refractivity contribution < 1.29 is 33.7 Å². The van der Waals surface area contributed by atoms with Gasteiger partial charge < -0.3 is 30.0 Å². The molecule has 2 aliphatic rings. The fourth-order valence-electron chi connectivity index (χ4n) is 2.52. The van der Waals surface area contributed by atoms with Gasteiger partial charge in [-0.2, -0.15) is 0 Å². The highest BCUT2D eigenvalue weighted by Crippen LogP contribution is 2.46. The van der Waals surface area contributed by atoms with E-state index in [4.69, 9.17) is 14.6 Å². The standard InChI is InChI=1S/C11H19NO4.C10H19NO3/c1-10(2,3)16-9(14)12-7-11(5-6-11)8(13)15-4;1-9(2,3)14-8(13)11-6-10(7-12)4-5-10/h5-7H2,1-4H3,(H,12,14);12H,4-7H2,1-3H3,(H,11,13). The maximum Gasteiger partial charge on any atom is 0.407 e. The Balaban J connectivity index is 0.000000303. The Bertz CT molecular complexity index is 612. The van der Waals surface area contributed by atoms with E-state index in [-0.39, 0.29) is 24.5 Å². The first-order valence-electron chi connectivity index (χ1n) is 10.3. The largest absolute Gasteiger partial charge is 0.469 e. The average molecular weight is 431 g/mol. The predicted molar refractivity (Wildman–Crippen MR) is 111 cm³/mol. The summed E-state index contributed by atoms with van der Waals surface area (Å²) >= 11 is 0. The molecule has 3 N–H and O–H groups in total. The number of carbonyl (C=O) groups excluding carboxylic acids is 3. The average Bonchev–Trinajstić information content (AvgIpc) is 3.51. The van der Waals surface area contributed by atoms with Crippen molar-refractivity contribution in [3.05, 3.63) is 0 Å². The van der Waals surface area contributed by atoms with Crippen LogP contribution in [0.5, 0.6) is 0 Å². The Morgan fingerprint density at radius 2 is 1.27 bits per heavy atom. The fourth-order valence-corrected chi connectivity index (χ4v) is 2.52. The van der Waals surface area contributed by atoms with Crippen molar-refractivity contribution >= 4 is 18.2 Å². The van der Waals surface area contributed by atoms with Crippen molar-refractivity contribution in [3.8, 4) is 0 Å². The van der Waals surface area contributed by atoms with Crippen LogP contribution in [0.3, 0.4) is 0 Å². The summed E-state index contributed by atoms with van der Waals surface area (Å²) in [7, 11) is 1.36. The van der Waals surface area contributed by atoms with Crippen molar-refractivity contribution in [3.63, 3.8) is 0 Å². The second-order valence-corrected chi connectivity index (χ2v) is 10.1. The maximum absolute atomic E-state index is 11.4. The van der Waals surface area contributed by atoms with E-state index in [1.807, 2.05) is 20.8 Å². The molecule has 0 aromatic rings. The SMILES string of the molecule is CC(C)(C)OC(=O)NCC1(CO)CC1.COC(=O)C1(CNC(=O)OC(C)(C)C)CC1.